The van der Waals surface area contributed by atoms with E-state index >= 15 is 0 Å². The predicted molar refractivity (Wildman–Crippen MR) is 119 cm³/mol. The van der Waals surface area contributed by atoms with Gasteiger partial charge in [0.2, 0.25) is 5.88 Å². The van der Waals surface area contributed by atoms with Gasteiger partial charge in [0, 0.05) is 11.6 Å². The topological polar surface area (TPSA) is 92.4 Å². The Labute approximate surface area is 181 Å². The standard InChI is InChI=1S/C24H22N2O5/c1-5-18-10-6-8-12-21(18)31-23(26-16-25)14-17(2)30-22-13-9-7-11-19(22)20(15-28-3)24(27)29-4/h1,6-16H,2H2,3-4H3,(H2,25,26)/b20-15+,23-14+. The summed E-state index contributed by atoms with van der Waals surface area (Å²) in [6.07, 6.45) is 9.28. The molecular weight excluding hydrogens is 396 g/mol. The minimum atomic E-state index is -0.582. The molecule has 0 radical (unpaired) electrons. The Morgan fingerprint density at radius 1 is 1.10 bits per heavy atom. The zero-order chi connectivity index (χ0) is 22.6. The summed E-state index contributed by atoms with van der Waals surface area (Å²) in [4.78, 5) is 16.1. The van der Waals surface area contributed by atoms with E-state index in [0.29, 0.717) is 22.6 Å². The fraction of sp³-hybridized carbons (Fsp3) is 0.0833. The minimum Gasteiger partial charge on any atom is -0.503 e. The molecule has 0 heterocycles. The minimum absolute atomic E-state index is 0.105. The average molecular weight is 418 g/mol. The maximum Gasteiger partial charge on any atom is 0.341 e. The predicted octanol–water partition coefficient (Wildman–Crippen LogP) is 3.63. The zero-order valence-corrected chi connectivity index (χ0v) is 17.2. The van der Waals surface area contributed by atoms with Gasteiger partial charge in [-0.25, -0.2) is 9.79 Å². The number of carbonyl (C=O) groups excluding carboxylic acids is 1. The quantitative estimate of drug-likeness (QED) is 0.127. The van der Waals surface area contributed by atoms with Crippen LogP contribution in [0.5, 0.6) is 11.5 Å². The van der Waals surface area contributed by atoms with Gasteiger partial charge in [0.1, 0.15) is 22.8 Å². The first-order chi connectivity index (χ1) is 15.0. The highest BCUT2D eigenvalue weighted by Gasteiger charge is 2.18. The highest BCUT2D eigenvalue weighted by molar-refractivity contribution is 6.17. The van der Waals surface area contributed by atoms with Crippen LogP contribution in [0.4, 0.5) is 0 Å². The molecule has 7 heteroatoms. The van der Waals surface area contributed by atoms with Gasteiger partial charge in [-0.3, -0.25) is 0 Å². The number of methoxy groups -OCH3 is 2. The molecule has 2 rings (SSSR count). The van der Waals surface area contributed by atoms with Crippen molar-refractivity contribution in [1.82, 2.24) is 0 Å². The molecule has 0 unspecified atom stereocenters. The summed E-state index contributed by atoms with van der Waals surface area (Å²) < 4.78 is 21.4. The van der Waals surface area contributed by atoms with Crippen LogP contribution in [-0.4, -0.2) is 26.5 Å². The Morgan fingerprint density at radius 3 is 2.42 bits per heavy atom. The van der Waals surface area contributed by atoms with Crippen LogP contribution in [0.2, 0.25) is 0 Å². The van der Waals surface area contributed by atoms with Crippen LogP contribution in [0.25, 0.3) is 5.57 Å². The van der Waals surface area contributed by atoms with E-state index in [4.69, 9.17) is 31.1 Å². The van der Waals surface area contributed by atoms with E-state index in [9.17, 15) is 4.79 Å². The number of aliphatic imine (C=N–C) groups is 1. The van der Waals surface area contributed by atoms with Gasteiger partial charge in [0.05, 0.1) is 32.4 Å². The summed E-state index contributed by atoms with van der Waals surface area (Å²) in [6, 6.07) is 13.9. The third kappa shape index (κ3) is 6.27. The van der Waals surface area contributed by atoms with E-state index in [-0.39, 0.29) is 17.2 Å². The lowest BCUT2D eigenvalue weighted by Crippen LogP contribution is -2.07. The summed E-state index contributed by atoms with van der Waals surface area (Å²) in [6.45, 7) is 3.87. The van der Waals surface area contributed by atoms with Crippen molar-refractivity contribution < 1.29 is 23.7 Å². The van der Waals surface area contributed by atoms with E-state index in [0.717, 1.165) is 6.34 Å². The number of allylic oxidation sites excluding steroid dienone is 1. The van der Waals surface area contributed by atoms with Crippen molar-refractivity contribution in [2.24, 2.45) is 10.7 Å². The SMILES string of the molecule is C#Cc1ccccc1O/C(=C/C(=C)Oc1ccccc1/C(=C\OC)C(=O)OC)N=CN. The smallest absolute Gasteiger partial charge is 0.341 e. The molecule has 31 heavy (non-hydrogen) atoms. The number of esters is 1. The molecule has 0 amide bonds. The van der Waals surface area contributed by atoms with Crippen molar-refractivity contribution >= 4 is 17.9 Å². The van der Waals surface area contributed by atoms with Crippen LogP contribution in [0.15, 0.2) is 84.1 Å². The maximum absolute atomic E-state index is 12.1. The summed E-state index contributed by atoms with van der Waals surface area (Å²) in [5.74, 6) is 3.00. The number of hydrogen-bond donors (Lipinski definition) is 1. The van der Waals surface area contributed by atoms with Crippen LogP contribution < -0.4 is 15.2 Å². The molecule has 0 aromatic heterocycles. The van der Waals surface area contributed by atoms with Crippen LogP contribution in [-0.2, 0) is 14.3 Å². The lowest BCUT2D eigenvalue weighted by molar-refractivity contribution is -0.133. The van der Waals surface area contributed by atoms with Crippen molar-refractivity contribution in [1.29, 1.82) is 0 Å². The van der Waals surface area contributed by atoms with E-state index in [1.165, 1.54) is 26.6 Å². The van der Waals surface area contributed by atoms with Gasteiger partial charge in [-0.1, -0.05) is 42.8 Å². The number of carbonyl (C=O) groups is 1. The number of benzene rings is 2. The van der Waals surface area contributed by atoms with Crippen LogP contribution in [0, 0.1) is 12.3 Å². The van der Waals surface area contributed by atoms with Crippen molar-refractivity contribution in [2.75, 3.05) is 14.2 Å². The lowest BCUT2D eigenvalue weighted by Gasteiger charge is -2.13. The Hall–Kier alpha value is -4.44. The monoisotopic (exact) mass is 418 g/mol. The van der Waals surface area contributed by atoms with Gasteiger partial charge in [-0.15, -0.1) is 6.42 Å². The highest BCUT2D eigenvalue weighted by Crippen LogP contribution is 2.29. The Balaban J connectivity index is 2.33. The van der Waals surface area contributed by atoms with Gasteiger partial charge in [-0.2, -0.15) is 0 Å². The lowest BCUT2D eigenvalue weighted by atomic mass is 10.1. The largest absolute Gasteiger partial charge is 0.503 e. The Bertz CT molecular complexity index is 1080. The number of terminal acetylenes is 1. The van der Waals surface area contributed by atoms with Crippen molar-refractivity contribution in [3.05, 3.63) is 90.2 Å². The molecule has 2 N–H and O–H groups in total. The van der Waals surface area contributed by atoms with Crippen LogP contribution >= 0.6 is 0 Å². The molecule has 0 aliphatic heterocycles. The van der Waals surface area contributed by atoms with Gasteiger partial charge < -0.3 is 24.7 Å². The number of hydrogen-bond acceptors (Lipinski definition) is 6. The molecule has 0 spiro atoms. The second kappa shape index (κ2) is 11.5. The first-order valence-corrected chi connectivity index (χ1v) is 9.01. The molecule has 2 aromatic rings. The van der Waals surface area contributed by atoms with Crippen molar-refractivity contribution in [2.45, 2.75) is 0 Å². The Morgan fingerprint density at radius 2 is 1.77 bits per heavy atom. The summed E-state index contributed by atoms with van der Waals surface area (Å²) in [7, 11) is 2.70. The number of nitrogens with two attached hydrogens (primary N) is 1. The molecule has 0 saturated heterocycles. The molecule has 7 nitrogen and oxygen atoms in total. The molecule has 0 bridgehead atoms. The maximum atomic E-state index is 12.1. The van der Waals surface area contributed by atoms with Gasteiger partial charge >= 0.3 is 5.97 Å². The zero-order valence-electron chi connectivity index (χ0n) is 17.2. The van der Waals surface area contributed by atoms with E-state index in [1.54, 1.807) is 48.5 Å². The Kier molecular flexibility index (Phi) is 8.50. The second-order valence-corrected chi connectivity index (χ2v) is 5.83. The molecular formula is C24H22N2O5. The second-order valence-electron chi connectivity index (χ2n) is 5.83. The highest BCUT2D eigenvalue weighted by atomic mass is 16.5. The van der Waals surface area contributed by atoms with Crippen LogP contribution in [0.3, 0.4) is 0 Å². The van der Waals surface area contributed by atoms with Gasteiger partial charge in [-0.05, 0) is 18.2 Å². The summed E-state index contributed by atoms with van der Waals surface area (Å²) in [5.41, 5.74) is 6.61. The summed E-state index contributed by atoms with van der Waals surface area (Å²) >= 11 is 0. The normalized spacial score (nSPS) is 11.5. The summed E-state index contributed by atoms with van der Waals surface area (Å²) in [5, 5.41) is 0. The van der Waals surface area contributed by atoms with E-state index in [1.807, 2.05) is 0 Å². The molecule has 158 valence electrons. The first kappa shape index (κ1) is 22.8. The molecule has 0 fully saturated rings. The number of ether oxygens (including phenoxy) is 4. The number of rotatable bonds is 9. The fourth-order valence-corrected chi connectivity index (χ4v) is 2.49. The number of nitrogens with zero attached hydrogens (tertiary/aromatic N) is 1. The van der Waals surface area contributed by atoms with Gasteiger partial charge in [0.15, 0.2) is 0 Å². The third-order valence-corrected chi connectivity index (χ3v) is 3.80. The van der Waals surface area contributed by atoms with Crippen molar-refractivity contribution in [3.63, 3.8) is 0 Å². The van der Waals surface area contributed by atoms with Gasteiger partial charge in [0.25, 0.3) is 0 Å². The molecule has 0 saturated carbocycles. The average Bonchev–Trinajstić information content (AvgIpc) is 2.78. The van der Waals surface area contributed by atoms with E-state index in [2.05, 4.69) is 17.5 Å². The number of para-hydroxylation sites is 2. The fourth-order valence-electron chi connectivity index (χ4n) is 2.49. The molecule has 0 aliphatic carbocycles. The third-order valence-electron chi connectivity index (χ3n) is 3.80. The molecule has 0 atom stereocenters. The van der Waals surface area contributed by atoms with Crippen molar-refractivity contribution in [3.8, 4) is 23.8 Å². The molecule has 2 aromatic carbocycles. The van der Waals surface area contributed by atoms with Crippen LogP contribution in [0.1, 0.15) is 11.1 Å². The van der Waals surface area contributed by atoms with E-state index < -0.39 is 5.97 Å². The molecule has 0 aliphatic rings. The first-order valence-electron chi connectivity index (χ1n) is 9.01.